The third-order valence-corrected chi connectivity index (χ3v) is 3.19. The molecule has 2 rings (SSSR count). The second-order valence-corrected chi connectivity index (χ2v) is 5.54. The molecule has 0 atom stereocenters. The quantitative estimate of drug-likeness (QED) is 0.367. The molecule has 0 unspecified atom stereocenters. The fourth-order valence-electron chi connectivity index (χ4n) is 1.62. The number of rotatable bonds is 5. The van der Waals surface area contributed by atoms with Crippen molar-refractivity contribution in [2.45, 2.75) is 18.5 Å². The molecule has 1 aromatic heterocycles. The maximum atomic E-state index is 12.6. The van der Waals surface area contributed by atoms with Crippen molar-refractivity contribution in [1.29, 1.82) is 0 Å². The third-order valence-electron chi connectivity index (χ3n) is 2.66. The summed E-state index contributed by atoms with van der Waals surface area (Å²) in [5, 5.41) is 2.58. The Morgan fingerprint density at radius 1 is 0.923 bits per heavy atom. The molecular weight excluding hydrogens is 438 g/mol. The topological polar surface area (TPSA) is 98.0 Å². The number of benzene rings is 1. The molecule has 14 heteroatoms. The van der Waals surface area contributed by atoms with Crippen LogP contribution < -0.4 is 21.3 Å². The first-order valence-electron chi connectivity index (χ1n) is 6.54. The number of nitrogens with zero attached hydrogens (tertiary/aromatic N) is 3. The number of hydrogen-bond donors (Lipinski definition) is 3. The van der Waals surface area contributed by atoms with Crippen LogP contribution in [-0.2, 0) is 0 Å². The number of nitrogen functional groups attached to an aromatic ring is 1. The highest BCUT2D eigenvalue weighted by Crippen LogP contribution is 2.36. The predicted molar refractivity (Wildman–Crippen MR) is 81.6 cm³/mol. The van der Waals surface area contributed by atoms with Crippen molar-refractivity contribution < 1.29 is 31.1 Å². The van der Waals surface area contributed by atoms with Crippen LogP contribution in [0, 0.1) is 0 Å². The zero-order valence-corrected chi connectivity index (χ0v) is 13.9. The lowest BCUT2D eigenvalue weighted by Crippen LogP contribution is -2.47. The Balaban J connectivity index is 2.32. The van der Waals surface area contributed by atoms with Crippen LogP contribution in [-0.4, -0.2) is 33.4 Å². The van der Waals surface area contributed by atoms with E-state index in [-0.39, 0.29) is 5.95 Å². The molecule has 0 aliphatic heterocycles. The lowest BCUT2D eigenvalue weighted by atomic mass is 10.3. The van der Waals surface area contributed by atoms with Crippen molar-refractivity contribution in [1.82, 2.24) is 15.0 Å². The molecule has 0 amide bonds. The van der Waals surface area contributed by atoms with Crippen molar-refractivity contribution in [3.63, 3.8) is 0 Å². The predicted octanol–water partition coefficient (Wildman–Crippen LogP) is 3.54. The van der Waals surface area contributed by atoms with Gasteiger partial charge >= 0.3 is 18.4 Å². The van der Waals surface area contributed by atoms with Crippen LogP contribution in [0.2, 0.25) is 0 Å². The molecule has 0 spiro atoms. The van der Waals surface area contributed by atoms with Crippen LogP contribution >= 0.6 is 15.9 Å². The van der Waals surface area contributed by atoms with E-state index < -0.39 is 30.4 Å². The second kappa shape index (κ2) is 7.49. The van der Waals surface area contributed by atoms with E-state index in [2.05, 4.69) is 40.9 Å². The highest BCUT2D eigenvalue weighted by Gasteiger charge is 2.59. The van der Waals surface area contributed by atoms with E-state index in [0.717, 1.165) is 4.47 Å². The summed E-state index contributed by atoms with van der Waals surface area (Å²) < 4.78 is 80.2. The van der Waals surface area contributed by atoms with Crippen LogP contribution in [0.3, 0.4) is 0 Å². The molecule has 26 heavy (non-hydrogen) atoms. The van der Waals surface area contributed by atoms with Crippen LogP contribution in [0.4, 0.5) is 43.9 Å². The van der Waals surface area contributed by atoms with Crippen LogP contribution in [0.25, 0.3) is 0 Å². The summed E-state index contributed by atoms with van der Waals surface area (Å²) in [6.45, 7) is 0. The third kappa shape index (κ3) is 5.32. The monoisotopic (exact) mass is 446 g/mol. The summed E-state index contributed by atoms with van der Waals surface area (Å²) in [4.78, 5) is 10.3. The van der Waals surface area contributed by atoms with E-state index in [9.17, 15) is 26.3 Å². The van der Waals surface area contributed by atoms with Gasteiger partial charge in [-0.25, -0.2) is 5.84 Å². The van der Waals surface area contributed by atoms with Gasteiger partial charge < -0.3 is 10.1 Å². The highest BCUT2D eigenvalue weighted by atomic mass is 79.9. The van der Waals surface area contributed by atoms with Gasteiger partial charge in [0.2, 0.25) is 11.9 Å². The minimum Gasteiger partial charge on any atom is -0.440 e. The van der Waals surface area contributed by atoms with Crippen molar-refractivity contribution in [2.75, 3.05) is 10.7 Å². The van der Waals surface area contributed by atoms with Crippen LogP contribution in [0.5, 0.6) is 6.01 Å². The van der Waals surface area contributed by atoms with E-state index in [1.165, 1.54) is 0 Å². The molecule has 4 N–H and O–H groups in total. The molecule has 0 aliphatic carbocycles. The number of nitrogens with two attached hydrogens (primary N) is 1. The summed E-state index contributed by atoms with van der Waals surface area (Å²) in [6, 6.07) is 5.15. The molecule has 0 aliphatic rings. The molecule has 1 aromatic carbocycles. The van der Waals surface area contributed by atoms with Crippen molar-refractivity contribution in [3.8, 4) is 6.01 Å². The lowest BCUT2D eigenvalue weighted by molar-refractivity contribution is -0.301. The summed E-state index contributed by atoms with van der Waals surface area (Å²) in [7, 11) is 0. The normalized spacial score (nSPS) is 12.2. The molecule has 1 heterocycles. The van der Waals surface area contributed by atoms with Gasteiger partial charge in [0, 0.05) is 10.2 Å². The number of hydrazine groups is 1. The van der Waals surface area contributed by atoms with Gasteiger partial charge in [-0.2, -0.15) is 41.3 Å². The second-order valence-electron chi connectivity index (χ2n) is 4.62. The molecular formula is C12H9BrF6N6O. The first kappa shape index (κ1) is 20.0. The Labute approximate surface area is 150 Å². The van der Waals surface area contributed by atoms with Gasteiger partial charge in [-0.05, 0) is 24.3 Å². The SMILES string of the molecule is NNc1nc(Nc2ccc(Br)cc2)nc(OC(C(F)(F)F)C(F)(F)F)n1. The molecule has 0 fully saturated rings. The molecule has 142 valence electrons. The van der Waals surface area contributed by atoms with Crippen LogP contribution in [0.15, 0.2) is 28.7 Å². The smallest absolute Gasteiger partial charge is 0.434 e. The summed E-state index contributed by atoms with van der Waals surface area (Å²) in [5.41, 5.74) is 2.30. The zero-order valence-electron chi connectivity index (χ0n) is 12.4. The fourth-order valence-corrected chi connectivity index (χ4v) is 1.88. The van der Waals surface area contributed by atoms with E-state index >= 15 is 0 Å². The fraction of sp³-hybridized carbons (Fsp3) is 0.250. The van der Waals surface area contributed by atoms with E-state index in [4.69, 9.17) is 5.84 Å². The standard InChI is InChI=1S/C12H9BrF6N6O/c13-5-1-3-6(4-2-5)21-8-22-9(25-20)24-10(23-8)26-7(11(14,15)16)12(17,18)19/h1-4,7H,20H2,(H2,21,22,23,24,25). The average molecular weight is 447 g/mol. The van der Waals surface area contributed by atoms with Gasteiger partial charge in [0.15, 0.2) is 0 Å². The van der Waals surface area contributed by atoms with Gasteiger partial charge in [0.25, 0.3) is 6.10 Å². The summed E-state index contributed by atoms with van der Waals surface area (Å²) in [6.07, 6.45) is -15.6. The minimum atomic E-state index is -5.72. The number of aromatic nitrogens is 3. The van der Waals surface area contributed by atoms with Crippen molar-refractivity contribution in [3.05, 3.63) is 28.7 Å². The molecule has 0 bridgehead atoms. The molecule has 0 saturated carbocycles. The molecule has 7 nitrogen and oxygen atoms in total. The van der Waals surface area contributed by atoms with Crippen molar-refractivity contribution >= 4 is 33.5 Å². The van der Waals surface area contributed by atoms with Crippen LogP contribution in [0.1, 0.15) is 0 Å². The number of alkyl halides is 6. The largest absolute Gasteiger partial charge is 0.440 e. The zero-order chi connectivity index (χ0) is 19.5. The molecule has 2 aromatic rings. The number of hydrogen-bond acceptors (Lipinski definition) is 7. The van der Waals surface area contributed by atoms with E-state index in [1.807, 2.05) is 5.43 Å². The first-order valence-corrected chi connectivity index (χ1v) is 7.33. The van der Waals surface area contributed by atoms with Crippen molar-refractivity contribution in [2.24, 2.45) is 5.84 Å². The average Bonchev–Trinajstić information content (AvgIpc) is 2.52. The highest BCUT2D eigenvalue weighted by molar-refractivity contribution is 9.10. The van der Waals surface area contributed by atoms with E-state index in [1.54, 1.807) is 24.3 Å². The van der Waals surface area contributed by atoms with Gasteiger partial charge in [-0.1, -0.05) is 15.9 Å². The Morgan fingerprint density at radius 2 is 1.46 bits per heavy atom. The Hall–Kier alpha value is -2.35. The summed E-state index contributed by atoms with van der Waals surface area (Å²) in [5.74, 6) is 4.18. The van der Waals surface area contributed by atoms with Gasteiger partial charge in [0.1, 0.15) is 0 Å². The number of halogens is 7. The maximum Gasteiger partial charge on any atom is 0.434 e. The Kier molecular flexibility index (Phi) is 5.75. The lowest BCUT2D eigenvalue weighted by Gasteiger charge is -2.22. The maximum absolute atomic E-state index is 12.6. The molecule has 0 radical (unpaired) electrons. The first-order chi connectivity index (χ1) is 12.0. The van der Waals surface area contributed by atoms with Gasteiger partial charge in [-0.15, -0.1) is 0 Å². The number of ether oxygens (including phenoxy) is 1. The Bertz CT molecular complexity index is 739. The molecule has 0 saturated heterocycles. The summed E-state index contributed by atoms with van der Waals surface area (Å²) >= 11 is 3.20. The number of nitrogens with one attached hydrogen (secondary N) is 2. The van der Waals surface area contributed by atoms with E-state index in [0.29, 0.717) is 5.69 Å². The van der Waals surface area contributed by atoms with Gasteiger partial charge in [0.05, 0.1) is 0 Å². The minimum absolute atomic E-state index is 0.381. The number of anilines is 3. The van der Waals surface area contributed by atoms with Gasteiger partial charge in [-0.3, -0.25) is 5.43 Å². The Morgan fingerprint density at radius 3 is 1.96 bits per heavy atom.